The van der Waals surface area contributed by atoms with Crippen LogP contribution in [0.4, 0.5) is 20.4 Å². The smallest absolute Gasteiger partial charge is 0.242 e. The van der Waals surface area contributed by atoms with Crippen LogP contribution >= 0.6 is 23.2 Å². The number of amides is 1. The Labute approximate surface area is 228 Å². The van der Waals surface area contributed by atoms with Crippen LogP contribution in [0.3, 0.4) is 0 Å². The molecule has 5 heterocycles. The molecule has 0 radical (unpaired) electrons. The monoisotopic (exact) mass is 568 g/mol. The molecule has 1 aliphatic rings. The van der Waals surface area contributed by atoms with E-state index in [9.17, 15) is 18.7 Å². The Morgan fingerprint density at radius 1 is 1.13 bits per heavy atom. The molecule has 6 rings (SSSR count). The number of pyridine rings is 1. The van der Waals surface area contributed by atoms with E-state index in [1.54, 1.807) is 23.0 Å². The number of aromatic hydroxyl groups is 1. The molecule has 1 aromatic carbocycles. The summed E-state index contributed by atoms with van der Waals surface area (Å²) in [6.07, 6.45) is 6.09. The van der Waals surface area contributed by atoms with Gasteiger partial charge in [-0.25, -0.2) is 28.7 Å². The highest BCUT2D eigenvalue weighted by molar-refractivity contribution is 6.37. The van der Waals surface area contributed by atoms with Crippen molar-refractivity contribution in [1.29, 1.82) is 0 Å². The fraction of sp³-hybridized carbons (Fsp3) is 0.120. The molecular formula is C25H16Cl2F2N8O2. The lowest BCUT2D eigenvalue weighted by Crippen LogP contribution is -2.34. The number of rotatable bonds is 4. The molecule has 0 saturated carbocycles. The second-order valence-electron chi connectivity index (χ2n) is 9.04. The highest BCUT2D eigenvalue weighted by Gasteiger charge is 2.50. The number of carbonyl (C=O) groups is 1. The summed E-state index contributed by atoms with van der Waals surface area (Å²) in [5, 5.41) is 12.6. The average Bonchev–Trinajstić information content (AvgIpc) is 3.45. The van der Waals surface area contributed by atoms with Gasteiger partial charge in [-0.2, -0.15) is 0 Å². The number of aromatic nitrogens is 6. The minimum atomic E-state index is -1.54. The number of hydrogen-bond acceptors (Lipinski definition) is 8. The lowest BCUT2D eigenvalue weighted by Gasteiger charge is -2.23. The zero-order chi connectivity index (χ0) is 27.6. The number of imidazole rings is 1. The van der Waals surface area contributed by atoms with Crippen LogP contribution in [0.1, 0.15) is 29.4 Å². The number of anilines is 2. The van der Waals surface area contributed by atoms with E-state index in [1.165, 1.54) is 25.3 Å². The largest absolute Gasteiger partial charge is 0.505 e. The van der Waals surface area contributed by atoms with Crippen LogP contribution in [0.5, 0.6) is 5.75 Å². The third kappa shape index (κ3) is 3.91. The first-order valence-electron chi connectivity index (χ1n) is 11.4. The van der Waals surface area contributed by atoms with E-state index in [1.807, 2.05) is 0 Å². The molecular weight excluding hydrogens is 553 g/mol. The van der Waals surface area contributed by atoms with Gasteiger partial charge in [0.25, 0.3) is 0 Å². The van der Waals surface area contributed by atoms with Gasteiger partial charge < -0.3 is 20.6 Å². The molecule has 0 bridgehead atoms. The van der Waals surface area contributed by atoms with Gasteiger partial charge in [0.2, 0.25) is 5.91 Å². The Hall–Kier alpha value is -4.42. The van der Waals surface area contributed by atoms with Crippen molar-refractivity contribution in [2.45, 2.75) is 18.8 Å². The van der Waals surface area contributed by atoms with Crippen molar-refractivity contribution in [3.05, 3.63) is 87.2 Å². The predicted octanol–water partition coefficient (Wildman–Crippen LogP) is 4.30. The second-order valence-corrected chi connectivity index (χ2v) is 9.82. The molecule has 4 N–H and O–H groups in total. The Kier molecular flexibility index (Phi) is 5.63. The van der Waals surface area contributed by atoms with Crippen molar-refractivity contribution < 1.29 is 18.7 Å². The number of benzene rings is 1. The Morgan fingerprint density at radius 3 is 2.62 bits per heavy atom. The maximum Gasteiger partial charge on any atom is 0.242 e. The second kappa shape index (κ2) is 8.82. The quantitative estimate of drug-likeness (QED) is 0.291. The van der Waals surface area contributed by atoms with E-state index in [-0.39, 0.29) is 50.9 Å². The van der Waals surface area contributed by atoms with Crippen LogP contribution in [0, 0.1) is 11.6 Å². The van der Waals surface area contributed by atoms with Gasteiger partial charge in [-0.15, -0.1) is 0 Å². The van der Waals surface area contributed by atoms with Gasteiger partial charge in [-0.1, -0.05) is 23.2 Å². The topological polar surface area (TPSA) is 144 Å². The summed E-state index contributed by atoms with van der Waals surface area (Å²) in [6, 6.07) is 3.21. The van der Waals surface area contributed by atoms with E-state index in [4.69, 9.17) is 28.9 Å². The van der Waals surface area contributed by atoms with Crippen molar-refractivity contribution in [2.24, 2.45) is 0 Å². The number of nitrogens with two attached hydrogens (primary N) is 1. The standard InChI is InChI=1S/C25H16Cl2F2N8O2/c1-25(19-17(27)18(38)13(26)8-32-19)16-20(30)34-21(35-22(16)36-24(25)39)15-9-37-3-2-31-23(37)14(33-15)6-10-4-11(28)7-12(29)5-10/h2-5,7-9H,6H2,1H3,(H,32,38)(H3,30,34,35,36,39)/t25-/m0/s1. The zero-order valence-corrected chi connectivity index (χ0v) is 21.4. The molecule has 0 unspecified atom stereocenters. The fourth-order valence-corrected chi connectivity index (χ4v) is 5.21. The van der Waals surface area contributed by atoms with Gasteiger partial charge in [0, 0.05) is 37.3 Å². The molecule has 0 spiro atoms. The third-order valence-corrected chi connectivity index (χ3v) is 7.15. The van der Waals surface area contributed by atoms with E-state index < -0.39 is 28.7 Å². The number of fused-ring (bicyclic) bond motifs is 2. The number of hydrogen-bond donors (Lipinski definition) is 3. The summed E-state index contributed by atoms with van der Waals surface area (Å²) in [6.45, 7) is 1.53. The van der Waals surface area contributed by atoms with E-state index in [0.29, 0.717) is 16.9 Å². The molecule has 196 valence electrons. The molecule has 14 heteroatoms. The summed E-state index contributed by atoms with van der Waals surface area (Å²) < 4.78 is 29.3. The molecule has 5 aromatic rings. The van der Waals surface area contributed by atoms with Crippen molar-refractivity contribution >= 4 is 46.4 Å². The molecule has 39 heavy (non-hydrogen) atoms. The molecule has 1 amide bonds. The van der Waals surface area contributed by atoms with Crippen molar-refractivity contribution in [1.82, 2.24) is 29.3 Å². The number of carbonyl (C=O) groups excluding carboxylic acids is 1. The van der Waals surface area contributed by atoms with Gasteiger partial charge in [0.05, 0.1) is 17.0 Å². The first-order valence-corrected chi connectivity index (χ1v) is 12.1. The van der Waals surface area contributed by atoms with Crippen molar-refractivity contribution in [3.8, 4) is 17.3 Å². The van der Waals surface area contributed by atoms with E-state index in [0.717, 1.165) is 6.07 Å². The minimum absolute atomic E-state index is 0.0212. The maximum atomic E-state index is 13.8. The van der Waals surface area contributed by atoms with Gasteiger partial charge in [-0.3, -0.25) is 9.78 Å². The Bertz CT molecular complexity index is 1830. The molecule has 0 aliphatic carbocycles. The Morgan fingerprint density at radius 2 is 1.87 bits per heavy atom. The normalized spacial score (nSPS) is 16.5. The number of nitrogen functional groups attached to an aromatic ring is 1. The summed E-state index contributed by atoms with van der Waals surface area (Å²) in [5.41, 5.74) is 6.56. The van der Waals surface area contributed by atoms with Gasteiger partial charge in [-0.05, 0) is 24.6 Å². The SMILES string of the molecule is C[C@]1(c2ncc(Cl)c(O)c2Cl)C(=O)Nc2nc(-c3cn4ccnc4c(Cc4cc(F)cc(F)c4)n3)nc(N)c21. The summed E-state index contributed by atoms with van der Waals surface area (Å²) in [4.78, 5) is 35.2. The van der Waals surface area contributed by atoms with Crippen LogP contribution in [-0.2, 0) is 16.6 Å². The van der Waals surface area contributed by atoms with Crippen LogP contribution in [0.25, 0.3) is 17.2 Å². The third-order valence-electron chi connectivity index (χ3n) is 6.51. The van der Waals surface area contributed by atoms with Gasteiger partial charge in [0.15, 0.2) is 17.2 Å². The van der Waals surface area contributed by atoms with Crippen LogP contribution in [0.15, 0.2) is 43.0 Å². The first-order chi connectivity index (χ1) is 18.6. The summed E-state index contributed by atoms with van der Waals surface area (Å²) in [7, 11) is 0. The van der Waals surface area contributed by atoms with Gasteiger partial charge in [0.1, 0.15) is 44.4 Å². The molecule has 0 fully saturated rings. The highest BCUT2D eigenvalue weighted by atomic mass is 35.5. The number of nitrogens with one attached hydrogen (secondary N) is 1. The zero-order valence-electron chi connectivity index (χ0n) is 19.9. The molecule has 0 saturated heterocycles. The van der Waals surface area contributed by atoms with Crippen LogP contribution in [0.2, 0.25) is 10.0 Å². The summed E-state index contributed by atoms with van der Waals surface area (Å²) >= 11 is 12.2. The lowest BCUT2D eigenvalue weighted by molar-refractivity contribution is -0.119. The first kappa shape index (κ1) is 24.9. The van der Waals surface area contributed by atoms with E-state index >= 15 is 0 Å². The highest BCUT2D eigenvalue weighted by Crippen LogP contribution is 2.48. The molecule has 1 aliphatic heterocycles. The molecule has 1 atom stereocenters. The average molecular weight is 569 g/mol. The summed E-state index contributed by atoms with van der Waals surface area (Å²) in [5.74, 6) is -2.25. The van der Waals surface area contributed by atoms with Crippen LogP contribution in [-0.4, -0.2) is 40.3 Å². The lowest BCUT2D eigenvalue weighted by atomic mass is 9.80. The molecule has 10 nitrogen and oxygen atoms in total. The fourth-order valence-electron chi connectivity index (χ4n) is 4.68. The van der Waals surface area contributed by atoms with Crippen molar-refractivity contribution in [2.75, 3.05) is 11.1 Å². The van der Waals surface area contributed by atoms with Crippen LogP contribution < -0.4 is 11.1 Å². The molecule has 4 aromatic heterocycles. The van der Waals surface area contributed by atoms with Gasteiger partial charge >= 0.3 is 0 Å². The number of nitrogens with zero attached hydrogens (tertiary/aromatic N) is 6. The maximum absolute atomic E-state index is 13.8. The van der Waals surface area contributed by atoms with E-state index in [2.05, 4.69) is 30.2 Å². The Balaban J connectivity index is 1.47. The predicted molar refractivity (Wildman–Crippen MR) is 139 cm³/mol. The number of halogens is 4. The van der Waals surface area contributed by atoms with Crippen molar-refractivity contribution in [3.63, 3.8) is 0 Å². The minimum Gasteiger partial charge on any atom is -0.505 e.